The van der Waals surface area contributed by atoms with Crippen LogP contribution >= 0.6 is 0 Å². The average Bonchev–Trinajstić information content (AvgIpc) is 2.62. The first-order chi connectivity index (χ1) is 9.08. The summed E-state index contributed by atoms with van der Waals surface area (Å²) in [4.78, 5) is 0. The minimum atomic E-state index is 0.318. The number of hydrogen-bond donors (Lipinski definition) is 1. The first kappa shape index (κ1) is 12.4. The van der Waals surface area contributed by atoms with E-state index in [0.717, 1.165) is 25.0 Å². The molecule has 3 nitrogen and oxygen atoms in total. The summed E-state index contributed by atoms with van der Waals surface area (Å²) in [5, 5.41) is 4.54. The summed E-state index contributed by atoms with van der Waals surface area (Å²) >= 11 is 0. The highest BCUT2D eigenvalue weighted by molar-refractivity contribution is 5.73. The average molecular weight is 255 g/mol. The van der Waals surface area contributed by atoms with Crippen molar-refractivity contribution in [3.05, 3.63) is 40.7 Å². The molecule has 0 aliphatic heterocycles. The molecule has 0 radical (unpaired) electrons. The summed E-state index contributed by atoms with van der Waals surface area (Å²) < 4.78 is 1.97. The van der Waals surface area contributed by atoms with Crippen molar-refractivity contribution in [2.24, 2.45) is 12.8 Å². The molecule has 2 aromatic rings. The summed E-state index contributed by atoms with van der Waals surface area (Å²) in [6.45, 7) is 4.24. The second kappa shape index (κ2) is 4.49. The normalized spacial score (nSPS) is 18.4. The Balaban J connectivity index is 2.19. The Kier molecular flexibility index (Phi) is 2.94. The van der Waals surface area contributed by atoms with Gasteiger partial charge in [0, 0.05) is 24.3 Å². The predicted molar refractivity (Wildman–Crippen MR) is 78.1 cm³/mol. The van der Waals surface area contributed by atoms with E-state index in [2.05, 4.69) is 37.1 Å². The number of aryl methyl sites for hydroxylation is 2. The van der Waals surface area contributed by atoms with Gasteiger partial charge in [-0.15, -0.1) is 0 Å². The number of nitrogens with zero attached hydrogens (tertiary/aromatic N) is 2. The van der Waals surface area contributed by atoms with Crippen LogP contribution < -0.4 is 5.73 Å². The second-order valence-corrected chi connectivity index (χ2v) is 5.62. The van der Waals surface area contributed by atoms with E-state index in [4.69, 9.17) is 5.73 Å². The van der Waals surface area contributed by atoms with E-state index in [0.29, 0.717) is 6.04 Å². The molecule has 1 unspecified atom stereocenters. The number of benzene rings is 1. The number of aromatic nitrogens is 2. The standard InChI is InChI=1S/C16H21N3/c1-10-16(11(2)19(3)18-10)15-6-4-5-12-9-13(17)7-8-14(12)15/h4-6,13H,7-9,17H2,1-3H3. The Morgan fingerprint density at radius 1 is 1.32 bits per heavy atom. The SMILES string of the molecule is Cc1nn(C)c(C)c1-c1cccc2c1CCC(N)C2. The summed E-state index contributed by atoms with van der Waals surface area (Å²) in [5.41, 5.74) is 14.0. The lowest BCUT2D eigenvalue weighted by Crippen LogP contribution is -2.28. The van der Waals surface area contributed by atoms with Gasteiger partial charge in [0.15, 0.2) is 0 Å². The van der Waals surface area contributed by atoms with Gasteiger partial charge in [-0.05, 0) is 49.8 Å². The topological polar surface area (TPSA) is 43.8 Å². The maximum absolute atomic E-state index is 6.09. The fourth-order valence-corrected chi connectivity index (χ4v) is 3.23. The number of fused-ring (bicyclic) bond motifs is 1. The van der Waals surface area contributed by atoms with Gasteiger partial charge in [0.05, 0.1) is 5.69 Å². The molecule has 0 saturated carbocycles. The fraction of sp³-hybridized carbons (Fsp3) is 0.438. The molecule has 1 aromatic heterocycles. The zero-order valence-corrected chi connectivity index (χ0v) is 11.9. The van der Waals surface area contributed by atoms with Gasteiger partial charge in [-0.25, -0.2) is 0 Å². The smallest absolute Gasteiger partial charge is 0.0674 e. The largest absolute Gasteiger partial charge is 0.327 e. The van der Waals surface area contributed by atoms with E-state index >= 15 is 0 Å². The molecular weight excluding hydrogens is 234 g/mol. The third-order valence-corrected chi connectivity index (χ3v) is 4.30. The zero-order chi connectivity index (χ0) is 13.6. The van der Waals surface area contributed by atoms with Crippen LogP contribution in [0, 0.1) is 13.8 Å². The Hall–Kier alpha value is -1.61. The molecule has 1 heterocycles. The molecule has 2 N–H and O–H groups in total. The van der Waals surface area contributed by atoms with E-state index in [1.165, 1.54) is 27.9 Å². The first-order valence-corrected chi connectivity index (χ1v) is 6.95. The summed E-state index contributed by atoms with van der Waals surface area (Å²) in [6.07, 6.45) is 3.17. The summed E-state index contributed by atoms with van der Waals surface area (Å²) in [7, 11) is 2.01. The maximum Gasteiger partial charge on any atom is 0.0674 e. The first-order valence-electron chi connectivity index (χ1n) is 6.95. The van der Waals surface area contributed by atoms with Gasteiger partial charge in [0.25, 0.3) is 0 Å². The van der Waals surface area contributed by atoms with Crippen LogP contribution in [0.2, 0.25) is 0 Å². The Morgan fingerprint density at radius 2 is 2.11 bits per heavy atom. The van der Waals surface area contributed by atoms with Crippen LogP contribution in [0.1, 0.15) is 28.9 Å². The van der Waals surface area contributed by atoms with Crippen molar-refractivity contribution in [3.8, 4) is 11.1 Å². The highest BCUT2D eigenvalue weighted by atomic mass is 15.3. The maximum atomic E-state index is 6.09. The molecule has 1 aromatic carbocycles. The molecule has 0 amide bonds. The third kappa shape index (κ3) is 1.98. The number of nitrogens with two attached hydrogens (primary N) is 1. The monoisotopic (exact) mass is 255 g/mol. The zero-order valence-electron chi connectivity index (χ0n) is 11.9. The van der Waals surface area contributed by atoms with E-state index in [1.807, 2.05) is 11.7 Å². The molecule has 0 spiro atoms. The fourth-order valence-electron chi connectivity index (χ4n) is 3.23. The summed E-state index contributed by atoms with van der Waals surface area (Å²) in [5.74, 6) is 0. The van der Waals surface area contributed by atoms with Crippen molar-refractivity contribution in [2.75, 3.05) is 0 Å². The van der Waals surface area contributed by atoms with Gasteiger partial charge in [-0.3, -0.25) is 4.68 Å². The molecule has 0 saturated heterocycles. The molecule has 0 bridgehead atoms. The van der Waals surface area contributed by atoms with Crippen LogP contribution in [-0.4, -0.2) is 15.8 Å². The second-order valence-electron chi connectivity index (χ2n) is 5.62. The van der Waals surface area contributed by atoms with E-state index in [9.17, 15) is 0 Å². The van der Waals surface area contributed by atoms with Gasteiger partial charge in [-0.2, -0.15) is 5.10 Å². The molecule has 100 valence electrons. The van der Waals surface area contributed by atoms with E-state index in [-0.39, 0.29) is 0 Å². The van der Waals surface area contributed by atoms with Crippen molar-refractivity contribution in [1.29, 1.82) is 0 Å². The van der Waals surface area contributed by atoms with Crippen LogP contribution in [0.3, 0.4) is 0 Å². The molecule has 1 aliphatic rings. The Labute approximate surface area is 114 Å². The van der Waals surface area contributed by atoms with Crippen LogP contribution in [0.25, 0.3) is 11.1 Å². The van der Waals surface area contributed by atoms with Crippen molar-refractivity contribution in [2.45, 2.75) is 39.2 Å². The number of rotatable bonds is 1. The van der Waals surface area contributed by atoms with Gasteiger partial charge in [0.1, 0.15) is 0 Å². The molecule has 3 rings (SSSR count). The van der Waals surface area contributed by atoms with Crippen molar-refractivity contribution >= 4 is 0 Å². The highest BCUT2D eigenvalue weighted by Crippen LogP contribution is 2.34. The minimum Gasteiger partial charge on any atom is -0.327 e. The molecule has 1 atom stereocenters. The van der Waals surface area contributed by atoms with Gasteiger partial charge < -0.3 is 5.73 Å². The lowest BCUT2D eigenvalue weighted by Gasteiger charge is -2.24. The van der Waals surface area contributed by atoms with Gasteiger partial charge in [-0.1, -0.05) is 18.2 Å². The van der Waals surface area contributed by atoms with Crippen molar-refractivity contribution < 1.29 is 0 Å². The molecule has 3 heteroatoms. The van der Waals surface area contributed by atoms with Crippen molar-refractivity contribution in [1.82, 2.24) is 9.78 Å². The van der Waals surface area contributed by atoms with Crippen LogP contribution in [0.5, 0.6) is 0 Å². The third-order valence-electron chi connectivity index (χ3n) is 4.30. The summed E-state index contributed by atoms with van der Waals surface area (Å²) in [6, 6.07) is 6.92. The Morgan fingerprint density at radius 3 is 2.79 bits per heavy atom. The van der Waals surface area contributed by atoms with Gasteiger partial charge in [0.2, 0.25) is 0 Å². The molecule has 19 heavy (non-hydrogen) atoms. The molecular formula is C16H21N3. The highest BCUT2D eigenvalue weighted by Gasteiger charge is 2.21. The van der Waals surface area contributed by atoms with Crippen LogP contribution in [0.4, 0.5) is 0 Å². The molecule has 0 fully saturated rings. The minimum absolute atomic E-state index is 0.318. The van der Waals surface area contributed by atoms with E-state index < -0.39 is 0 Å². The van der Waals surface area contributed by atoms with Crippen LogP contribution in [-0.2, 0) is 19.9 Å². The van der Waals surface area contributed by atoms with Crippen molar-refractivity contribution in [3.63, 3.8) is 0 Å². The number of hydrogen-bond acceptors (Lipinski definition) is 2. The molecule has 1 aliphatic carbocycles. The lowest BCUT2D eigenvalue weighted by molar-refractivity contribution is 0.577. The lowest BCUT2D eigenvalue weighted by atomic mass is 9.83. The van der Waals surface area contributed by atoms with Gasteiger partial charge >= 0.3 is 0 Å². The Bertz CT molecular complexity index is 625. The quantitative estimate of drug-likeness (QED) is 0.851. The predicted octanol–water partition coefficient (Wildman–Crippen LogP) is 2.52. The van der Waals surface area contributed by atoms with Crippen LogP contribution in [0.15, 0.2) is 18.2 Å². The van der Waals surface area contributed by atoms with E-state index in [1.54, 1.807) is 0 Å².